The van der Waals surface area contributed by atoms with E-state index in [0.717, 1.165) is 5.56 Å². The fraction of sp³-hybridized carbons (Fsp3) is 0.579. The Kier molecular flexibility index (Phi) is 12.6. The van der Waals surface area contributed by atoms with Gasteiger partial charge < -0.3 is 25.4 Å². The van der Waals surface area contributed by atoms with E-state index >= 15 is 0 Å². The number of alkyl carbamates (subject to hydrolysis) is 1. The van der Waals surface area contributed by atoms with E-state index in [4.69, 9.17) is 9.47 Å². The zero-order chi connectivity index (χ0) is 20.3. The molecule has 0 fully saturated rings. The van der Waals surface area contributed by atoms with Crippen LogP contribution < -0.4 is 20.7 Å². The van der Waals surface area contributed by atoms with Crippen LogP contribution in [-0.2, 0) is 11.3 Å². The highest BCUT2D eigenvalue weighted by Gasteiger charge is 2.15. The maximum Gasteiger partial charge on any atom is 0.407 e. The van der Waals surface area contributed by atoms with Gasteiger partial charge in [-0.1, -0.05) is 6.07 Å². The summed E-state index contributed by atoms with van der Waals surface area (Å²) in [5, 5.41) is 8.95. The number of rotatable bonds is 8. The van der Waals surface area contributed by atoms with Crippen molar-refractivity contribution in [2.45, 2.75) is 46.3 Å². The number of hydrogen-bond donors (Lipinski definition) is 3. The van der Waals surface area contributed by atoms with E-state index in [9.17, 15) is 9.18 Å². The van der Waals surface area contributed by atoms with Gasteiger partial charge in [-0.05, 0) is 51.8 Å². The fourth-order valence-corrected chi connectivity index (χ4v) is 2.13. The van der Waals surface area contributed by atoms with E-state index in [2.05, 4.69) is 20.9 Å². The number of ether oxygens (including phenoxy) is 2. The van der Waals surface area contributed by atoms with Gasteiger partial charge in [-0.15, -0.1) is 24.0 Å². The summed E-state index contributed by atoms with van der Waals surface area (Å²) in [4.78, 5) is 15.7. The number of nitrogens with one attached hydrogen (secondary N) is 3. The first-order chi connectivity index (χ1) is 12.7. The van der Waals surface area contributed by atoms with E-state index in [-0.39, 0.29) is 35.5 Å². The zero-order valence-electron chi connectivity index (χ0n) is 17.2. The monoisotopic (exact) mass is 510 g/mol. The molecule has 0 aliphatic carbocycles. The molecule has 1 aromatic carbocycles. The molecule has 7 nitrogen and oxygen atoms in total. The Morgan fingerprint density at radius 3 is 2.43 bits per heavy atom. The van der Waals surface area contributed by atoms with E-state index in [1.165, 1.54) is 6.07 Å². The molecule has 0 heterocycles. The lowest BCUT2D eigenvalue weighted by Crippen LogP contribution is -2.39. The van der Waals surface area contributed by atoms with Crippen molar-refractivity contribution in [2.75, 3.05) is 26.7 Å². The third kappa shape index (κ3) is 11.2. The second-order valence-electron chi connectivity index (χ2n) is 6.83. The molecule has 0 saturated carbocycles. The van der Waals surface area contributed by atoms with Gasteiger partial charge in [0.05, 0.1) is 6.61 Å². The minimum absolute atomic E-state index is 0. The minimum Gasteiger partial charge on any atom is -0.491 e. The van der Waals surface area contributed by atoms with Gasteiger partial charge in [-0.3, -0.25) is 4.99 Å². The SMILES string of the molecule is CCOc1ccc(CNC(=NC)NCCCNC(=O)OC(C)(C)C)cc1F.I. The number of benzene rings is 1. The molecule has 0 radical (unpaired) electrons. The molecule has 0 bridgehead atoms. The molecule has 160 valence electrons. The highest BCUT2D eigenvalue weighted by molar-refractivity contribution is 14.0. The predicted molar refractivity (Wildman–Crippen MR) is 120 cm³/mol. The summed E-state index contributed by atoms with van der Waals surface area (Å²) in [6.07, 6.45) is 0.278. The third-order valence-electron chi connectivity index (χ3n) is 3.29. The third-order valence-corrected chi connectivity index (χ3v) is 3.29. The van der Waals surface area contributed by atoms with Crippen molar-refractivity contribution >= 4 is 36.0 Å². The summed E-state index contributed by atoms with van der Waals surface area (Å²) in [6.45, 7) is 9.23. The topological polar surface area (TPSA) is 84.0 Å². The molecule has 0 atom stereocenters. The van der Waals surface area contributed by atoms with E-state index in [1.54, 1.807) is 19.2 Å². The minimum atomic E-state index is -0.505. The number of carbonyl (C=O) groups is 1. The summed E-state index contributed by atoms with van der Waals surface area (Å²) in [7, 11) is 1.66. The molecule has 28 heavy (non-hydrogen) atoms. The first-order valence-electron chi connectivity index (χ1n) is 9.07. The molecule has 0 spiro atoms. The Bertz CT molecular complexity index is 636. The van der Waals surface area contributed by atoms with Crippen molar-refractivity contribution in [3.63, 3.8) is 0 Å². The summed E-state index contributed by atoms with van der Waals surface area (Å²) in [5.41, 5.74) is 0.278. The van der Waals surface area contributed by atoms with Crippen molar-refractivity contribution in [3.05, 3.63) is 29.6 Å². The van der Waals surface area contributed by atoms with Crippen LogP contribution in [0.1, 0.15) is 39.7 Å². The molecule has 1 aromatic rings. The lowest BCUT2D eigenvalue weighted by Gasteiger charge is -2.19. The maximum absolute atomic E-state index is 13.9. The Labute approximate surface area is 183 Å². The van der Waals surface area contributed by atoms with Gasteiger partial charge in [0.2, 0.25) is 0 Å². The Hall–Kier alpha value is -1.78. The number of carbonyl (C=O) groups excluding carboxylic acids is 1. The van der Waals surface area contributed by atoms with Gasteiger partial charge in [0.1, 0.15) is 5.60 Å². The predicted octanol–water partition coefficient (Wildman–Crippen LogP) is 3.42. The lowest BCUT2D eigenvalue weighted by atomic mass is 10.2. The Morgan fingerprint density at radius 1 is 1.18 bits per heavy atom. The van der Waals surface area contributed by atoms with Crippen molar-refractivity contribution in [2.24, 2.45) is 4.99 Å². The molecular formula is C19H32FIN4O3. The lowest BCUT2D eigenvalue weighted by molar-refractivity contribution is 0.0527. The molecular weight excluding hydrogens is 478 g/mol. The number of aliphatic imine (C=N–C) groups is 1. The number of halogens is 2. The van der Waals surface area contributed by atoms with Gasteiger partial charge in [0.25, 0.3) is 0 Å². The van der Waals surface area contributed by atoms with Crippen LogP contribution in [0.15, 0.2) is 23.2 Å². The molecule has 1 rings (SSSR count). The van der Waals surface area contributed by atoms with Crippen LogP contribution in [0.3, 0.4) is 0 Å². The number of amides is 1. The molecule has 9 heteroatoms. The first-order valence-corrected chi connectivity index (χ1v) is 9.07. The quantitative estimate of drug-likeness (QED) is 0.216. The van der Waals surface area contributed by atoms with Crippen LogP contribution >= 0.6 is 24.0 Å². The summed E-state index contributed by atoms with van der Waals surface area (Å²) >= 11 is 0. The number of nitrogens with zero attached hydrogens (tertiary/aromatic N) is 1. The smallest absolute Gasteiger partial charge is 0.407 e. The van der Waals surface area contributed by atoms with Gasteiger partial charge in [0.15, 0.2) is 17.5 Å². The number of hydrogen-bond acceptors (Lipinski definition) is 4. The van der Waals surface area contributed by atoms with E-state index in [0.29, 0.717) is 38.6 Å². The van der Waals surface area contributed by atoms with Gasteiger partial charge >= 0.3 is 6.09 Å². The standard InChI is InChI=1S/C19H31FN4O3.HI/c1-6-26-16-9-8-14(12-15(16)20)13-24-17(21-5)22-10-7-11-23-18(25)27-19(2,3)4;/h8-9,12H,6-7,10-11,13H2,1-5H3,(H,23,25)(H2,21,22,24);1H. The molecule has 1 amide bonds. The average Bonchev–Trinajstić information content (AvgIpc) is 2.58. The molecule has 3 N–H and O–H groups in total. The van der Waals surface area contributed by atoms with Crippen molar-refractivity contribution in [3.8, 4) is 5.75 Å². The van der Waals surface area contributed by atoms with Gasteiger partial charge in [0, 0.05) is 26.7 Å². The Morgan fingerprint density at radius 2 is 1.86 bits per heavy atom. The first kappa shape index (κ1) is 26.2. The van der Waals surface area contributed by atoms with Gasteiger partial charge in [-0.25, -0.2) is 9.18 Å². The fourth-order valence-electron chi connectivity index (χ4n) is 2.13. The second-order valence-corrected chi connectivity index (χ2v) is 6.83. The van der Waals surface area contributed by atoms with Crippen molar-refractivity contribution < 1.29 is 18.7 Å². The van der Waals surface area contributed by atoms with Gasteiger partial charge in [-0.2, -0.15) is 0 Å². The van der Waals surface area contributed by atoms with Crippen LogP contribution in [0.4, 0.5) is 9.18 Å². The van der Waals surface area contributed by atoms with Crippen LogP contribution in [0.5, 0.6) is 5.75 Å². The highest BCUT2D eigenvalue weighted by Crippen LogP contribution is 2.18. The van der Waals surface area contributed by atoms with Crippen LogP contribution in [0.2, 0.25) is 0 Å². The summed E-state index contributed by atoms with van der Waals surface area (Å²) < 4.78 is 24.2. The highest BCUT2D eigenvalue weighted by atomic mass is 127. The molecule has 0 aliphatic rings. The van der Waals surface area contributed by atoms with Crippen LogP contribution in [0.25, 0.3) is 0 Å². The molecule has 0 saturated heterocycles. The normalized spacial score (nSPS) is 11.3. The second kappa shape index (κ2) is 13.4. The van der Waals surface area contributed by atoms with E-state index < -0.39 is 11.7 Å². The molecule has 0 aliphatic heterocycles. The van der Waals surface area contributed by atoms with E-state index in [1.807, 2.05) is 27.7 Å². The molecule has 0 aromatic heterocycles. The van der Waals surface area contributed by atoms with Crippen LogP contribution in [-0.4, -0.2) is 44.4 Å². The van der Waals surface area contributed by atoms with Crippen molar-refractivity contribution in [1.29, 1.82) is 0 Å². The molecule has 0 unspecified atom stereocenters. The maximum atomic E-state index is 13.9. The van der Waals surface area contributed by atoms with Crippen molar-refractivity contribution in [1.82, 2.24) is 16.0 Å². The average molecular weight is 510 g/mol. The zero-order valence-corrected chi connectivity index (χ0v) is 19.6. The van der Waals surface area contributed by atoms with Crippen LogP contribution in [0, 0.1) is 5.82 Å². The summed E-state index contributed by atoms with van der Waals surface area (Å²) in [5.74, 6) is 0.468. The largest absolute Gasteiger partial charge is 0.491 e. The number of guanidine groups is 1. The summed E-state index contributed by atoms with van der Waals surface area (Å²) in [6, 6.07) is 4.86. The Balaban J connectivity index is 0.00000729.